The van der Waals surface area contributed by atoms with Gasteiger partial charge >= 0.3 is 6.09 Å². The Hall–Kier alpha value is -2.09. The molecule has 0 bridgehead atoms. The molecule has 0 unspecified atom stereocenters. The largest absolute Gasteiger partial charge is 0.448 e. The molecule has 0 aromatic carbocycles. The van der Waals surface area contributed by atoms with E-state index in [2.05, 4.69) is 15.0 Å². The molecule has 0 aliphatic rings. The Morgan fingerprint density at radius 3 is 3.14 bits per heavy atom. The third-order valence-corrected chi connectivity index (χ3v) is 1.34. The number of amides is 1. The monoisotopic (exact) mass is 191 g/mol. The van der Waals surface area contributed by atoms with Crippen LogP contribution in [0, 0.1) is 11.3 Å². The first kappa shape index (κ1) is 9.99. The number of pyridine rings is 1. The number of ether oxygens (including phenoxy) is 1. The molecule has 0 aliphatic heterocycles. The van der Waals surface area contributed by atoms with Gasteiger partial charge in [0, 0.05) is 6.20 Å². The Morgan fingerprint density at radius 1 is 1.64 bits per heavy atom. The molecule has 5 heteroatoms. The molecule has 0 fully saturated rings. The number of nitriles is 1. The summed E-state index contributed by atoms with van der Waals surface area (Å²) >= 11 is 0. The third-order valence-electron chi connectivity index (χ3n) is 1.34. The fourth-order valence-corrected chi connectivity index (χ4v) is 0.767. The van der Waals surface area contributed by atoms with Crippen molar-refractivity contribution in [2.24, 2.45) is 0 Å². The Bertz CT molecular complexity index is 332. The van der Waals surface area contributed by atoms with E-state index in [1.54, 1.807) is 24.4 Å². The van der Waals surface area contributed by atoms with E-state index in [-0.39, 0.29) is 13.0 Å². The first-order chi connectivity index (χ1) is 6.83. The molecule has 1 rings (SSSR count). The Labute approximate surface area is 81.3 Å². The maximum Gasteiger partial charge on any atom is 0.412 e. The number of aromatic nitrogens is 1. The zero-order valence-electron chi connectivity index (χ0n) is 7.43. The van der Waals surface area contributed by atoms with Crippen LogP contribution < -0.4 is 5.32 Å². The van der Waals surface area contributed by atoms with Crippen LogP contribution in [0.5, 0.6) is 0 Å². The second kappa shape index (κ2) is 5.54. The summed E-state index contributed by atoms with van der Waals surface area (Å²) < 4.78 is 4.67. The lowest BCUT2D eigenvalue weighted by atomic mass is 10.5. The van der Waals surface area contributed by atoms with Gasteiger partial charge in [-0.15, -0.1) is 0 Å². The van der Waals surface area contributed by atoms with E-state index >= 15 is 0 Å². The average Bonchev–Trinajstić information content (AvgIpc) is 2.20. The van der Waals surface area contributed by atoms with Crippen molar-refractivity contribution in [1.29, 1.82) is 5.26 Å². The van der Waals surface area contributed by atoms with Crippen molar-refractivity contribution < 1.29 is 9.53 Å². The molecule has 1 aromatic heterocycles. The summed E-state index contributed by atoms with van der Waals surface area (Å²) in [5, 5.41) is 10.6. The normalized spacial score (nSPS) is 8.79. The van der Waals surface area contributed by atoms with Gasteiger partial charge in [-0.2, -0.15) is 5.26 Å². The lowest BCUT2D eigenvalue weighted by Gasteiger charge is -2.03. The zero-order chi connectivity index (χ0) is 10.2. The van der Waals surface area contributed by atoms with E-state index in [9.17, 15) is 4.79 Å². The van der Waals surface area contributed by atoms with Crippen LogP contribution in [0.25, 0.3) is 0 Å². The zero-order valence-corrected chi connectivity index (χ0v) is 7.43. The molecule has 0 saturated carbocycles. The quantitative estimate of drug-likeness (QED) is 0.735. The van der Waals surface area contributed by atoms with E-state index in [4.69, 9.17) is 5.26 Å². The molecule has 0 spiro atoms. The van der Waals surface area contributed by atoms with Gasteiger partial charge in [0.05, 0.1) is 12.5 Å². The van der Waals surface area contributed by atoms with Crippen molar-refractivity contribution in [3.63, 3.8) is 0 Å². The van der Waals surface area contributed by atoms with Crippen LogP contribution in [0.15, 0.2) is 24.4 Å². The minimum absolute atomic E-state index is 0.0924. The first-order valence-electron chi connectivity index (χ1n) is 4.04. The van der Waals surface area contributed by atoms with Gasteiger partial charge < -0.3 is 4.74 Å². The molecule has 1 aromatic rings. The lowest BCUT2D eigenvalue weighted by molar-refractivity contribution is 0.164. The predicted octanol–water partition coefficient (Wildman–Crippen LogP) is 1.54. The second-order valence-corrected chi connectivity index (χ2v) is 2.38. The van der Waals surface area contributed by atoms with Crippen molar-refractivity contribution in [1.82, 2.24) is 4.98 Å². The average molecular weight is 191 g/mol. The SMILES string of the molecule is N#CCCOC(=O)Nc1ccccn1. The van der Waals surface area contributed by atoms with Gasteiger partial charge in [0.1, 0.15) is 12.4 Å². The maximum absolute atomic E-state index is 11.0. The summed E-state index contributed by atoms with van der Waals surface area (Å²) in [6.07, 6.45) is 1.15. The van der Waals surface area contributed by atoms with Crippen molar-refractivity contribution in [3.8, 4) is 6.07 Å². The minimum atomic E-state index is -0.598. The van der Waals surface area contributed by atoms with Crippen molar-refractivity contribution in [2.45, 2.75) is 6.42 Å². The van der Waals surface area contributed by atoms with Gasteiger partial charge in [-0.05, 0) is 12.1 Å². The number of carbonyl (C=O) groups is 1. The van der Waals surface area contributed by atoms with Gasteiger partial charge in [0.25, 0.3) is 0 Å². The molecule has 1 amide bonds. The molecule has 0 radical (unpaired) electrons. The van der Waals surface area contributed by atoms with Gasteiger partial charge in [0.2, 0.25) is 0 Å². The Balaban J connectivity index is 2.32. The van der Waals surface area contributed by atoms with Gasteiger partial charge in [0.15, 0.2) is 0 Å². The number of carbonyl (C=O) groups excluding carboxylic acids is 1. The highest BCUT2D eigenvalue weighted by atomic mass is 16.5. The van der Waals surface area contributed by atoms with E-state index in [0.717, 1.165) is 0 Å². The number of nitrogens with one attached hydrogen (secondary N) is 1. The fraction of sp³-hybridized carbons (Fsp3) is 0.222. The summed E-state index contributed by atoms with van der Waals surface area (Å²) in [7, 11) is 0. The van der Waals surface area contributed by atoms with E-state index in [1.165, 1.54) is 0 Å². The third kappa shape index (κ3) is 3.54. The standard InChI is InChI=1S/C9H9N3O2/c10-5-3-7-14-9(13)12-8-4-1-2-6-11-8/h1-2,4,6H,3,7H2,(H,11,12,13). The Morgan fingerprint density at radius 2 is 2.50 bits per heavy atom. The number of hydrogen-bond acceptors (Lipinski definition) is 4. The number of hydrogen-bond donors (Lipinski definition) is 1. The summed E-state index contributed by atoms with van der Waals surface area (Å²) in [5.74, 6) is 0.425. The van der Waals surface area contributed by atoms with Crippen LogP contribution in [0.4, 0.5) is 10.6 Å². The second-order valence-electron chi connectivity index (χ2n) is 2.38. The molecule has 0 saturated heterocycles. The summed E-state index contributed by atoms with van der Waals surface area (Å²) in [6.45, 7) is 0.0924. The molecule has 1 N–H and O–H groups in total. The van der Waals surface area contributed by atoms with Gasteiger partial charge in [-0.25, -0.2) is 9.78 Å². The molecular formula is C9H9N3O2. The summed E-state index contributed by atoms with van der Waals surface area (Å²) in [4.78, 5) is 14.9. The molecule has 72 valence electrons. The topological polar surface area (TPSA) is 75.0 Å². The minimum Gasteiger partial charge on any atom is -0.448 e. The van der Waals surface area contributed by atoms with E-state index in [0.29, 0.717) is 5.82 Å². The van der Waals surface area contributed by atoms with E-state index in [1.807, 2.05) is 6.07 Å². The first-order valence-corrected chi connectivity index (χ1v) is 4.04. The van der Waals surface area contributed by atoms with Gasteiger partial charge in [-0.1, -0.05) is 6.07 Å². The summed E-state index contributed by atoms with van der Waals surface area (Å²) in [6, 6.07) is 7.00. The van der Waals surface area contributed by atoms with Crippen molar-refractivity contribution >= 4 is 11.9 Å². The molecule has 1 heterocycles. The van der Waals surface area contributed by atoms with Crippen molar-refractivity contribution in [2.75, 3.05) is 11.9 Å². The smallest absolute Gasteiger partial charge is 0.412 e. The van der Waals surface area contributed by atoms with E-state index < -0.39 is 6.09 Å². The van der Waals surface area contributed by atoms with Crippen LogP contribution in [-0.4, -0.2) is 17.7 Å². The van der Waals surface area contributed by atoms with Crippen LogP contribution in [0.3, 0.4) is 0 Å². The molecule has 5 nitrogen and oxygen atoms in total. The molecule has 0 atom stereocenters. The fourth-order valence-electron chi connectivity index (χ4n) is 0.767. The molecular weight excluding hydrogens is 182 g/mol. The highest BCUT2D eigenvalue weighted by molar-refractivity contribution is 5.83. The van der Waals surface area contributed by atoms with Crippen LogP contribution >= 0.6 is 0 Å². The molecule has 0 aliphatic carbocycles. The number of nitrogens with zero attached hydrogens (tertiary/aromatic N) is 2. The number of rotatable bonds is 3. The summed E-state index contributed by atoms with van der Waals surface area (Å²) in [5.41, 5.74) is 0. The predicted molar refractivity (Wildman–Crippen MR) is 49.4 cm³/mol. The highest BCUT2D eigenvalue weighted by Crippen LogP contribution is 2.00. The highest BCUT2D eigenvalue weighted by Gasteiger charge is 2.01. The Kier molecular flexibility index (Phi) is 3.95. The number of anilines is 1. The van der Waals surface area contributed by atoms with Gasteiger partial charge in [-0.3, -0.25) is 5.32 Å². The molecule has 14 heavy (non-hydrogen) atoms. The lowest BCUT2D eigenvalue weighted by Crippen LogP contribution is -2.14. The maximum atomic E-state index is 11.0. The van der Waals surface area contributed by atoms with Crippen LogP contribution in [0.2, 0.25) is 0 Å². The van der Waals surface area contributed by atoms with Crippen LogP contribution in [-0.2, 0) is 4.74 Å². The van der Waals surface area contributed by atoms with Crippen molar-refractivity contribution in [3.05, 3.63) is 24.4 Å². The van der Waals surface area contributed by atoms with Crippen LogP contribution in [0.1, 0.15) is 6.42 Å².